The SMILES string of the molecule is C=C(C)CCNC(=O)NC(C)(C(=O)O)c1ccccc1. The lowest BCUT2D eigenvalue weighted by Gasteiger charge is -2.26. The van der Waals surface area contributed by atoms with E-state index in [0.29, 0.717) is 18.5 Å². The summed E-state index contributed by atoms with van der Waals surface area (Å²) >= 11 is 0. The first-order valence-corrected chi connectivity index (χ1v) is 6.35. The molecule has 1 rings (SSSR count). The van der Waals surface area contributed by atoms with Gasteiger partial charge < -0.3 is 15.7 Å². The van der Waals surface area contributed by atoms with Crippen molar-refractivity contribution in [1.82, 2.24) is 10.6 Å². The van der Waals surface area contributed by atoms with E-state index in [1.165, 1.54) is 6.92 Å². The number of urea groups is 1. The lowest BCUT2D eigenvalue weighted by atomic mass is 9.92. The van der Waals surface area contributed by atoms with E-state index in [-0.39, 0.29) is 0 Å². The Morgan fingerprint density at radius 2 is 1.90 bits per heavy atom. The molecule has 0 fully saturated rings. The minimum atomic E-state index is -1.46. The molecule has 5 nitrogen and oxygen atoms in total. The molecule has 5 heteroatoms. The van der Waals surface area contributed by atoms with E-state index in [2.05, 4.69) is 17.2 Å². The molecule has 0 bridgehead atoms. The Morgan fingerprint density at radius 1 is 1.30 bits per heavy atom. The van der Waals surface area contributed by atoms with Gasteiger partial charge in [-0.25, -0.2) is 9.59 Å². The Hall–Kier alpha value is -2.30. The zero-order valence-corrected chi connectivity index (χ0v) is 11.8. The van der Waals surface area contributed by atoms with Crippen LogP contribution in [0, 0.1) is 0 Å². The number of amides is 2. The monoisotopic (exact) mass is 276 g/mol. The van der Waals surface area contributed by atoms with Crippen LogP contribution in [-0.4, -0.2) is 23.7 Å². The Kier molecular flexibility index (Phi) is 5.32. The summed E-state index contributed by atoms with van der Waals surface area (Å²) in [5.41, 5.74) is 0.00563. The maximum absolute atomic E-state index is 11.8. The molecule has 20 heavy (non-hydrogen) atoms. The van der Waals surface area contributed by atoms with Crippen LogP contribution in [-0.2, 0) is 10.3 Å². The normalized spacial score (nSPS) is 13.1. The first kappa shape index (κ1) is 15.8. The van der Waals surface area contributed by atoms with Gasteiger partial charge in [0.2, 0.25) is 0 Å². The number of aliphatic carboxylic acids is 1. The second kappa shape index (κ2) is 6.75. The summed E-state index contributed by atoms with van der Waals surface area (Å²) in [4.78, 5) is 23.3. The van der Waals surface area contributed by atoms with E-state index in [1.807, 2.05) is 6.92 Å². The van der Waals surface area contributed by atoms with Crippen molar-refractivity contribution in [3.8, 4) is 0 Å². The number of nitrogens with one attached hydrogen (secondary N) is 2. The fourth-order valence-electron chi connectivity index (χ4n) is 1.68. The summed E-state index contributed by atoms with van der Waals surface area (Å²) in [6.07, 6.45) is 0.655. The highest BCUT2D eigenvalue weighted by Crippen LogP contribution is 2.20. The number of carboxylic acids is 1. The molecule has 1 aromatic carbocycles. The number of carbonyl (C=O) groups excluding carboxylic acids is 1. The summed E-state index contributed by atoms with van der Waals surface area (Å²) < 4.78 is 0. The summed E-state index contributed by atoms with van der Waals surface area (Å²) in [6, 6.07) is 8.08. The van der Waals surface area contributed by atoms with Crippen LogP contribution in [0.25, 0.3) is 0 Å². The highest BCUT2D eigenvalue weighted by atomic mass is 16.4. The molecule has 0 aliphatic heterocycles. The van der Waals surface area contributed by atoms with Crippen molar-refractivity contribution in [2.45, 2.75) is 25.8 Å². The van der Waals surface area contributed by atoms with E-state index in [9.17, 15) is 14.7 Å². The van der Waals surface area contributed by atoms with Gasteiger partial charge >= 0.3 is 12.0 Å². The third kappa shape index (κ3) is 4.12. The van der Waals surface area contributed by atoms with Crippen molar-refractivity contribution in [3.05, 3.63) is 48.0 Å². The number of carbonyl (C=O) groups is 2. The predicted molar refractivity (Wildman–Crippen MR) is 77.4 cm³/mol. The quantitative estimate of drug-likeness (QED) is 0.697. The Balaban J connectivity index is 2.75. The number of benzene rings is 1. The van der Waals surface area contributed by atoms with Gasteiger partial charge in [0.1, 0.15) is 0 Å². The van der Waals surface area contributed by atoms with Crippen molar-refractivity contribution >= 4 is 12.0 Å². The van der Waals surface area contributed by atoms with Gasteiger partial charge in [-0.15, -0.1) is 6.58 Å². The molecule has 0 radical (unpaired) electrons. The molecule has 1 aromatic rings. The average molecular weight is 276 g/mol. The van der Waals surface area contributed by atoms with Crippen LogP contribution in [0.1, 0.15) is 25.8 Å². The maximum Gasteiger partial charge on any atom is 0.333 e. The van der Waals surface area contributed by atoms with Crippen LogP contribution >= 0.6 is 0 Å². The van der Waals surface area contributed by atoms with Gasteiger partial charge in [-0.1, -0.05) is 35.9 Å². The Labute approximate surface area is 118 Å². The molecule has 0 saturated heterocycles. The lowest BCUT2D eigenvalue weighted by Crippen LogP contribution is -2.53. The fraction of sp³-hybridized carbons (Fsp3) is 0.333. The van der Waals surface area contributed by atoms with Crippen LogP contribution < -0.4 is 10.6 Å². The van der Waals surface area contributed by atoms with E-state index in [1.54, 1.807) is 30.3 Å². The first-order valence-electron chi connectivity index (χ1n) is 6.35. The Morgan fingerprint density at radius 3 is 2.40 bits per heavy atom. The molecule has 0 saturated carbocycles. The summed E-state index contributed by atoms with van der Waals surface area (Å²) in [5.74, 6) is -1.11. The van der Waals surface area contributed by atoms with Crippen LogP contribution in [0.5, 0.6) is 0 Å². The first-order chi connectivity index (χ1) is 9.36. The number of hydrogen-bond acceptors (Lipinski definition) is 2. The second-order valence-corrected chi connectivity index (χ2v) is 4.88. The van der Waals surface area contributed by atoms with Gasteiger partial charge in [-0.2, -0.15) is 0 Å². The lowest BCUT2D eigenvalue weighted by molar-refractivity contribution is -0.144. The van der Waals surface area contributed by atoms with Gasteiger partial charge in [-0.05, 0) is 25.8 Å². The molecule has 2 amide bonds. The molecular formula is C15H20N2O3. The minimum Gasteiger partial charge on any atom is -0.479 e. The number of hydrogen-bond donors (Lipinski definition) is 3. The van der Waals surface area contributed by atoms with Gasteiger partial charge in [0.15, 0.2) is 5.54 Å². The van der Waals surface area contributed by atoms with Crippen molar-refractivity contribution in [2.24, 2.45) is 0 Å². The van der Waals surface area contributed by atoms with E-state index >= 15 is 0 Å². The Bertz CT molecular complexity index is 499. The molecule has 0 aliphatic carbocycles. The molecule has 108 valence electrons. The molecule has 1 atom stereocenters. The van der Waals surface area contributed by atoms with Crippen LogP contribution in [0.3, 0.4) is 0 Å². The van der Waals surface area contributed by atoms with Crippen LogP contribution in [0.15, 0.2) is 42.5 Å². The van der Waals surface area contributed by atoms with E-state index in [0.717, 1.165) is 5.57 Å². The summed E-state index contributed by atoms with van der Waals surface area (Å²) in [7, 11) is 0. The topological polar surface area (TPSA) is 78.4 Å². The minimum absolute atomic E-state index is 0.422. The fourth-order valence-corrected chi connectivity index (χ4v) is 1.68. The molecule has 0 spiro atoms. The zero-order chi connectivity index (χ0) is 15.2. The predicted octanol–water partition coefficient (Wildman–Crippen LogP) is 2.25. The molecular weight excluding hydrogens is 256 g/mol. The highest BCUT2D eigenvalue weighted by molar-refractivity contribution is 5.87. The standard InChI is InChI=1S/C15H20N2O3/c1-11(2)9-10-16-14(20)17-15(3,13(18)19)12-7-5-4-6-8-12/h4-8H,1,9-10H2,2-3H3,(H,18,19)(H2,16,17,20). The van der Waals surface area contributed by atoms with E-state index in [4.69, 9.17) is 0 Å². The van der Waals surface area contributed by atoms with Gasteiger partial charge in [0.25, 0.3) is 0 Å². The van der Waals surface area contributed by atoms with Gasteiger partial charge in [0.05, 0.1) is 0 Å². The highest BCUT2D eigenvalue weighted by Gasteiger charge is 2.36. The molecule has 0 aliphatic rings. The largest absolute Gasteiger partial charge is 0.479 e. The molecule has 0 heterocycles. The number of rotatable bonds is 6. The van der Waals surface area contributed by atoms with Gasteiger partial charge in [0, 0.05) is 6.54 Å². The summed E-state index contributed by atoms with van der Waals surface area (Å²) in [6.45, 7) is 7.49. The molecule has 3 N–H and O–H groups in total. The zero-order valence-electron chi connectivity index (χ0n) is 11.8. The number of carboxylic acid groups (broad SMARTS) is 1. The van der Waals surface area contributed by atoms with Crippen molar-refractivity contribution < 1.29 is 14.7 Å². The summed E-state index contributed by atoms with van der Waals surface area (Å²) in [5, 5.41) is 14.5. The third-order valence-electron chi connectivity index (χ3n) is 2.98. The molecule has 0 aromatic heterocycles. The van der Waals surface area contributed by atoms with Crippen molar-refractivity contribution in [1.29, 1.82) is 0 Å². The van der Waals surface area contributed by atoms with Crippen LogP contribution in [0.2, 0.25) is 0 Å². The smallest absolute Gasteiger partial charge is 0.333 e. The second-order valence-electron chi connectivity index (χ2n) is 4.88. The van der Waals surface area contributed by atoms with Crippen LogP contribution in [0.4, 0.5) is 4.79 Å². The average Bonchev–Trinajstić information content (AvgIpc) is 2.38. The van der Waals surface area contributed by atoms with E-state index < -0.39 is 17.5 Å². The van der Waals surface area contributed by atoms with Crippen molar-refractivity contribution in [2.75, 3.05) is 6.54 Å². The van der Waals surface area contributed by atoms with Crippen molar-refractivity contribution in [3.63, 3.8) is 0 Å². The molecule has 1 unspecified atom stereocenters. The third-order valence-corrected chi connectivity index (χ3v) is 2.98. The maximum atomic E-state index is 11.8. The van der Waals surface area contributed by atoms with Gasteiger partial charge in [-0.3, -0.25) is 0 Å².